The minimum Gasteiger partial charge on any atom is -0.457 e. The third-order valence-corrected chi connectivity index (χ3v) is 4.65. The van der Waals surface area contributed by atoms with Crippen LogP contribution in [0.1, 0.15) is 18.5 Å². The number of hydrogen-bond acceptors (Lipinski definition) is 5. The molecule has 1 atom stereocenters. The third kappa shape index (κ3) is 3.76. The highest BCUT2D eigenvalue weighted by Gasteiger charge is 2.15. The molecule has 1 heterocycles. The molecule has 0 spiro atoms. The maximum atomic E-state index is 6.07. The largest absolute Gasteiger partial charge is 0.457 e. The van der Waals surface area contributed by atoms with Crippen LogP contribution in [0.25, 0.3) is 11.4 Å². The standard InChI is InChI=1S/C17H17Cl2N5O/c1-10(20-2)13-8-11(17-21-22-23-24(17)3)4-7-16(13)25-12-5-6-14(18)15(19)9-12/h4-10,20H,1-3H3. The van der Waals surface area contributed by atoms with Crippen LogP contribution in [0.3, 0.4) is 0 Å². The molecule has 25 heavy (non-hydrogen) atoms. The number of benzene rings is 2. The first-order valence-corrected chi connectivity index (χ1v) is 8.42. The lowest BCUT2D eigenvalue weighted by Gasteiger charge is -2.17. The molecule has 0 saturated heterocycles. The molecular weight excluding hydrogens is 361 g/mol. The van der Waals surface area contributed by atoms with E-state index >= 15 is 0 Å². The van der Waals surface area contributed by atoms with Crippen LogP contribution in [0, 0.1) is 0 Å². The molecular formula is C17H17Cl2N5O. The lowest BCUT2D eigenvalue weighted by molar-refractivity contribution is 0.466. The van der Waals surface area contributed by atoms with Gasteiger partial charge in [0.1, 0.15) is 11.5 Å². The molecule has 0 aliphatic heterocycles. The molecule has 0 radical (unpaired) electrons. The highest BCUT2D eigenvalue weighted by Crippen LogP contribution is 2.35. The quantitative estimate of drug-likeness (QED) is 0.719. The summed E-state index contributed by atoms with van der Waals surface area (Å²) in [5.74, 6) is 2.02. The van der Waals surface area contributed by atoms with Crippen molar-refractivity contribution in [3.05, 3.63) is 52.0 Å². The number of rotatable bonds is 5. The fourth-order valence-electron chi connectivity index (χ4n) is 2.42. The van der Waals surface area contributed by atoms with E-state index in [1.807, 2.05) is 25.2 Å². The molecule has 0 aliphatic rings. The Morgan fingerprint density at radius 3 is 2.56 bits per heavy atom. The molecule has 0 saturated carbocycles. The summed E-state index contributed by atoms with van der Waals surface area (Å²) in [6.07, 6.45) is 0. The van der Waals surface area contributed by atoms with Gasteiger partial charge >= 0.3 is 0 Å². The summed E-state index contributed by atoms with van der Waals surface area (Å²) >= 11 is 12.0. The van der Waals surface area contributed by atoms with Gasteiger partial charge in [-0.15, -0.1) is 5.10 Å². The minimum absolute atomic E-state index is 0.0684. The second-order valence-electron chi connectivity index (χ2n) is 5.57. The Balaban J connectivity index is 2.00. The van der Waals surface area contributed by atoms with E-state index in [1.165, 1.54) is 0 Å². The molecule has 6 nitrogen and oxygen atoms in total. The predicted octanol–water partition coefficient (Wildman–Crippen LogP) is 4.26. The van der Waals surface area contributed by atoms with Gasteiger partial charge < -0.3 is 10.1 Å². The Kier molecular flexibility index (Phi) is 5.22. The van der Waals surface area contributed by atoms with Crippen molar-refractivity contribution in [2.75, 3.05) is 7.05 Å². The van der Waals surface area contributed by atoms with Crippen LogP contribution in [0.5, 0.6) is 11.5 Å². The van der Waals surface area contributed by atoms with Gasteiger partial charge in [0, 0.05) is 30.3 Å². The molecule has 130 valence electrons. The van der Waals surface area contributed by atoms with E-state index in [0.29, 0.717) is 21.6 Å². The van der Waals surface area contributed by atoms with Crippen LogP contribution in [0.4, 0.5) is 0 Å². The van der Waals surface area contributed by atoms with Crippen molar-refractivity contribution in [3.63, 3.8) is 0 Å². The minimum atomic E-state index is 0.0684. The van der Waals surface area contributed by atoms with Crippen LogP contribution in [0.2, 0.25) is 10.0 Å². The summed E-state index contributed by atoms with van der Waals surface area (Å²) in [7, 11) is 3.70. The van der Waals surface area contributed by atoms with Gasteiger partial charge in [-0.1, -0.05) is 23.2 Å². The predicted molar refractivity (Wildman–Crippen MR) is 98.2 cm³/mol. The Morgan fingerprint density at radius 2 is 1.92 bits per heavy atom. The SMILES string of the molecule is CNC(C)c1cc(-c2nnnn2C)ccc1Oc1ccc(Cl)c(Cl)c1. The molecule has 1 N–H and O–H groups in total. The van der Waals surface area contributed by atoms with Gasteiger partial charge in [0.05, 0.1) is 10.0 Å². The van der Waals surface area contributed by atoms with Gasteiger partial charge in [0.2, 0.25) is 0 Å². The smallest absolute Gasteiger partial charge is 0.181 e. The molecule has 0 fully saturated rings. The van der Waals surface area contributed by atoms with Gasteiger partial charge in [-0.05, 0) is 54.7 Å². The van der Waals surface area contributed by atoms with Crippen LogP contribution in [0.15, 0.2) is 36.4 Å². The van der Waals surface area contributed by atoms with E-state index in [2.05, 4.69) is 27.8 Å². The van der Waals surface area contributed by atoms with Gasteiger partial charge in [-0.3, -0.25) is 0 Å². The summed E-state index contributed by atoms with van der Waals surface area (Å²) in [4.78, 5) is 0. The van der Waals surface area contributed by atoms with E-state index in [-0.39, 0.29) is 6.04 Å². The number of aromatic nitrogens is 4. The number of tetrazole rings is 1. The molecule has 0 bridgehead atoms. The Hall–Kier alpha value is -2.15. The number of nitrogens with one attached hydrogen (secondary N) is 1. The van der Waals surface area contributed by atoms with Crippen LogP contribution < -0.4 is 10.1 Å². The van der Waals surface area contributed by atoms with Crippen molar-refractivity contribution in [2.24, 2.45) is 7.05 Å². The Labute approximate surface area is 155 Å². The monoisotopic (exact) mass is 377 g/mol. The summed E-state index contributed by atoms with van der Waals surface area (Å²) < 4.78 is 7.66. The zero-order valence-electron chi connectivity index (χ0n) is 14.0. The van der Waals surface area contributed by atoms with Crippen molar-refractivity contribution >= 4 is 23.2 Å². The van der Waals surface area contributed by atoms with E-state index < -0.39 is 0 Å². The second kappa shape index (κ2) is 7.39. The van der Waals surface area contributed by atoms with Crippen molar-refractivity contribution < 1.29 is 4.74 Å². The second-order valence-corrected chi connectivity index (χ2v) is 6.38. The average molecular weight is 378 g/mol. The van der Waals surface area contributed by atoms with Crippen LogP contribution >= 0.6 is 23.2 Å². The van der Waals surface area contributed by atoms with Crippen molar-refractivity contribution in [3.8, 4) is 22.9 Å². The molecule has 1 aromatic heterocycles. The van der Waals surface area contributed by atoms with Crippen LogP contribution in [-0.4, -0.2) is 27.3 Å². The number of nitrogens with zero attached hydrogens (tertiary/aromatic N) is 4. The Bertz CT molecular complexity index is 896. The highest BCUT2D eigenvalue weighted by atomic mass is 35.5. The summed E-state index contributed by atoms with van der Waals surface area (Å²) in [6, 6.07) is 11.1. The molecule has 3 rings (SSSR count). The summed E-state index contributed by atoms with van der Waals surface area (Å²) in [5.41, 5.74) is 1.89. The zero-order chi connectivity index (χ0) is 18.0. The average Bonchev–Trinajstić information content (AvgIpc) is 3.04. The van der Waals surface area contributed by atoms with E-state index in [0.717, 1.165) is 16.9 Å². The van der Waals surface area contributed by atoms with Crippen molar-refractivity contribution in [1.82, 2.24) is 25.5 Å². The van der Waals surface area contributed by atoms with Crippen LogP contribution in [-0.2, 0) is 7.05 Å². The number of halogens is 2. The Morgan fingerprint density at radius 1 is 1.12 bits per heavy atom. The molecule has 3 aromatic rings. The maximum Gasteiger partial charge on any atom is 0.181 e. The lowest BCUT2D eigenvalue weighted by Crippen LogP contribution is -2.13. The number of ether oxygens (including phenoxy) is 1. The molecule has 8 heteroatoms. The van der Waals surface area contributed by atoms with E-state index in [4.69, 9.17) is 27.9 Å². The first-order valence-electron chi connectivity index (χ1n) is 7.66. The third-order valence-electron chi connectivity index (χ3n) is 3.91. The fraction of sp³-hybridized carbons (Fsp3) is 0.235. The molecule has 2 aromatic carbocycles. The fourth-order valence-corrected chi connectivity index (χ4v) is 2.70. The lowest BCUT2D eigenvalue weighted by atomic mass is 10.0. The molecule has 0 aliphatic carbocycles. The maximum absolute atomic E-state index is 6.07. The van der Waals surface area contributed by atoms with Gasteiger partial charge in [-0.25, -0.2) is 4.68 Å². The first kappa shape index (κ1) is 17.7. The van der Waals surface area contributed by atoms with Crippen molar-refractivity contribution in [2.45, 2.75) is 13.0 Å². The normalized spacial score (nSPS) is 12.2. The van der Waals surface area contributed by atoms with E-state index in [1.54, 1.807) is 29.9 Å². The number of aryl methyl sites for hydroxylation is 1. The first-order chi connectivity index (χ1) is 12.0. The summed E-state index contributed by atoms with van der Waals surface area (Å²) in [5, 5.41) is 15.8. The molecule has 1 unspecified atom stereocenters. The van der Waals surface area contributed by atoms with Gasteiger partial charge in [0.15, 0.2) is 5.82 Å². The molecule has 0 amide bonds. The summed E-state index contributed by atoms with van der Waals surface area (Å²) in [6.45, 7) is 2.05. The number of hydrogen-bond donors (Lipinski definition) is 1. The van der Waals surface area contributed by atoms with Gasteiger partial charge in [0.25, 0.3) is 0 Å². The van der Waals surface area contributed by atoms with E-state index in [9.17, 15) is 0 Å². The van der Waals surface area contributed by atoms with Gasteiger partial charge in [-0.2, -0.15) is 0 Å². The zero-order valence-corrected chi connectivity index (χ0v) is 15.5. The highest BCUT2D eigenvalue weighted by molar-refractivity contribution is 6.42. The van der Waals surface area contributed by atoms with Crippen molar-refractivity contribution in [1.29, 1.82) is 0 Å². The topological polar surface area (TPSA) is 64.9 Å².